The van der Waals surface area contributed by atoms with Crippen molar-refractivity contribution in [2.45, 2.75) is 12.8 Å². The fourth-order valence-electron chi connectivity index (χ4n) is 3.64. The largest absolute Gasteiger partial charge is 0.322 e. The lowest BCUT2D eigenvalue weighted by atomic mass is 9.86. The maximum Gasteiger partial charge on any atom is 0.229 e. The number of Topliss-reactive ketones (excluding diaryl/α,β-unsaturated/α-hetero) is 1. The summed E-state index contributed by atoms with van der Waals surface area (Å²) in [7, 11) is 0. The topological polar surface area (TPSA) is 63.6 Å². The SMILES string of the molecule is O=C1CC(C=Cc2ccccc2)Cc2c1cnn2-c1nc2ccccc2[nH]1. The molecule has 2 aromatic heterocycles. The van der Waals surface area contributed by atoms with Gasteiger partial charge in [0, 0.05) is 6.42 Å². The van der Waals surface area contributed by atoms with Gasteiger partial charge in [0.1, 0.15) is 0 Å². The molecule has 1 N–H and O–H groups in total. The third-order valence-electron chi connectivity index (χ3n) is 5.01. The number of rotatable bonds is 3. The summed E-state index contributed by atoms with van der Waals surface area (Å²) < 4.78 is 1.77. The summed E-state index contributed by atoms with van der Waals surface area (Å²) in [4.78, 5) is 20.5. The summed E-state index contributed by atoms with van der Waals surface area (Å²) in [6, 6.07) is 18.0. The molecule has 1 unspecified atom stereocenters. The second-order valence-electron chi connectivity index (χ2n) is 6.86. The van der Waals surface area contributed by atoms with Gasteiger partial charge in [-0.1, -0.05) is 54.6 Å². The number of nitrogens with zero attached hydrogens (tertiary/aromatic N) is 3. The van der Waals surface area contributed by atoms with Crippen LogP contribution in [0.4, 0.5) is 0 Å². The monoisotopic (exact) mass is 354 g/mol. The predicted octanol–water partition coefficient (Wildman–Crippen LogP) is 4.21. The van der Waals surface area contributed by atoms with Crippen molar-refractivity contribution in [2.75, 3.05) is 0 Å². The first kappa shape index (κ1) is 15.8. The van der Waals surface area contributed by atoms with Gasteiger partial charge >= 0.3 is 0 Å². The first-order chi connectivity index (χ1) is 13.3. The molecule has 0 amide bonds. The Balaban J connectivity index is 1.48. The minimum absolute atomic E-state index is 0.140. The molecule has 2 heterocycles. The van der Waals surface area contributed by atoms with Crippen LogP contribution in [0.1, 0.15) is 28.0 Å². The number of hydrogen-bond donors (Lipinski definition) is 1. The van der Waals surface area contributed by atoms with Gasteiger partial charge in [-0.3, -0.25) is 4.79 Å². The van der Waals surface area contributed by atoms with Gasteiger partial charge in [0.05, 0.1) is 28.5 Å². The Kier molecular flexibility index (Phi) is 3.71. The van der Waals surface area contributed by atoms with Crippen LogP contribution < -0.4 is 0 Å². The average molecular weight is 354 g/mol. The molecular weight excluding hydrogens is 336 g/mol. The van der Waals surface area contributed by atoms with E-state index in [-0.39, 0.29) is 11.7 Å². The van der Waals surface area contributed by atoms with Gasteiger partial charge in [-0.05, 0) is 30.0 Å². The molecule has 1 aliphatic rings. The molecular formula is C22H18N4O. The maximum atomic E-state index is 12.6. The van der Waals surface area contributed by atoms with Gasteiger partial charge in [-0.25, -0.2) is 9.67 Å². The number of aromatic amines is 1. The van der Waals surface area contributed by atoms with E-state index in [0.717, 1.165) is 28.7 Å². The number of ketones is 1. The van der Waals surface area contributed by atoms with Gasteiger partial charge in [0.25, 0.3) is 0 Å². The quantitative estimate of drug-likeness (QED) is 0.599. The van der Waals surface area contributed by atoms with E-state index < -0.39 is 0 Å². The van der Waals surface area contributed by atoms with Crippen LogP contribution in [0.25, 0.3) is 23.1 Å². The molecule has 0 fully saturated rings. The average Bonchev–Trinajstić information content (AvgIpc) is 3.31. The number of allylic oxidation sites excluding steroid dienone is 1. The molecule has 0 saturated heterocycles. The van der Waals surface area contributed by atoms with Crippen molar-refractivity contribution in [3.63, 3.8) is 0 Å². The highest BCUT2D eigenvalue weighted by Crippen LogP contribution is 2.28. The molecule has 1 atom stereocenters. The normalized spacial score (nSPS) is 16.9. The van der Waals surface area contributed by atoms with Crippen LogP contribution in [0.5, 0.6) is 0 Å². The molecule has 0 spiro atoms. The van der Waals surface area contributed by atoms with Gasteiger partial charge in [-0.15, -0.1) is 0 Å². The maximum absolute atomic E-state index is 12.6. The van der Waals surface area contributed by atoms with E-state index in [1.54, 1.807) is 10.9 Å². The fraction of sp³-hybridized carbons (Fsp3) is 0.136. The van der Waals surface area contributed by atoms with Gasteiger partial charge in [0.2, 0.25) is 5.95 Å². The summed E-state index contributed by atoms with van der Waals surface area (Å²) in [5.74, 6) is 0.948. The number of H-pyrrole nitrogens is 1. The molecule has 0 radical (unpaired) electrons. The number of carbonyl (C=O) groups is 1. The smallest absolute Gasteiger partial charge is 0.229 e. The van der Waals surface area contributed by atoms with E-state index in [1.165, 1.54) is 0 Å². The number of fused-ring (bicyclic) bond motifs is 2. The molecule has 2 aromatic carbocycles. The lowest BCUT2D eigenvalue weighted by Gasteiger charge is -2.19. The van der Waals surface area contributed by atoms with E-state index >= 15 is 0 Å². The summed E-state index contributed by atoms with van der Waals surface area (Å²) >= 11 is 0. The Bertz CT molecular complexity index is 1120. The van der Waals surface area contributed by atoms with E-state index in [1.807, 2.05) is 42.5 Å². The predicted molar refractivity (Wildman–Crippen MR) is 105 cm³/mol. The zero-order valence-electron chi connectivity index (χ0n) is 14.7. The van der Waals surface area contributed by atoms with Gasteiger partial charge in [-0.2, -0.15) is 5.10 Å². The molecule has 0 bridgehead atoms. The molecule has 0 aliphatic heterocycles. The Hall–Kier alpha value is -3.47. The van der Waals surface area contributed by atoms with Gasteiger partial charge in [0.15, 0.2) is 5.78 Å². The molecule has 5 rings (SSSR count). The summed E-state index contributed by atoms with van der Waals surface area (Å²) in [6.45, 7) is 0. The van der Waals surface area contributed by atoms with E-state index in [9.17, 15) is 4.79 Å². The zero-order valence-corrected chi connectivity index (χ0v) is 14.7. The second kappa shape index (κ2) is 6.36. The summed E-state index contributed by atoms with van der Waals surface area (Å²) in [5.41, 5.74) is 4.62. The Morgan fingerprint density at radius 3 is 2.70 bits per heavy atom. The number of nitrogens with one attached hydrogen (secondary N) is 1. The highest BCUT2D eigenvalue weighted by atomic mass is 16.1. The highest BCUT2D eigenvalue weighted by molar-refractivity contribution is 5.98. The van der Waals surface area contributed by atoms with Gasteiger partial charge < -0.3 is 4.98 Å². The number of carbonyl (C=O) groups excluding carboxylic acids is 1. The number of hydrogen-bond acceptors (Lipinski definition) is 3. The van der Waals surface area contributed by atoms with Crippen molar-refractivity contribution >= 4 is 22.9 Å². The highest BCUT2D eigenvalue weighted by Gasteiger charge is 2.28. The molecule has 4 aromatic rings. The molecule has 0 saturated carbocycles. The Morgan fingerprint density at radius 1 is 1.04 bits per heavy atom. The van der Waals surface area contributed by atoms with Crippen molar-refractivity contribution in [3.05, 3.63) is 83.7 Å². The first-order valence-corrected chi connectivity index (χ1v) is 9.06. The third-order valence-corrected chi connectivity index (χ3v) is 5.01. The summed E-state index contributed by atoms with van der Waals surface area (Å²) in [5, 5.41) is 4.44. The first-order valence-electron chi connectivity index (χ1n) is 9.06. The Morgan fingerprint density at radius 2 is 1.85 bits per heavy atom. The molecule has 27 heavy (non-hydrogen) atoms. The van der Waals surface area contributed by atoms with Crippen molar-refractivity contribution in [2.24, 2.45) is 5.92 Å². The van der Waals surface area contributed by atoms with Crippen molar-refractivity contribution in [3.8, 4) is 5.95 Å². The van der Waals surface area contributed by atoms with Crippen molar-refractivity contribution in [1.82, 2.24) is 19.7 Å². The van der Waals surface area contributed by atoms with Crippen LogP contribution >= 0.6 is 0 Å². The molecule has 5 heteroatoms. The van der Waals surface area contributed by atoms with E-state index in [2.05, 4.69) is 39.4 Å². The fourth-order valence-corrected chi connectivity index (χ4v) is 3.64. The van der Waals surface area contributed by atoms with E-state index in [0.29, 0.717) is 17.9 Å². The number of para-hydroxylation sites is 2. The third kappa shape index (κ3) is 2.87. The van der Waals surface area contributed by atoms with E-state index in [4.69, 9.17) is 0 Å². The molecule has 1 aliphatic carbocycles. The molecule has 5 nitrogen and oxygen atoms in total. The van der Waals surface area contributed by atoms with Crippen molar-refractivity contribution in [1.29, 1.82) is 0 Å². The van der Waals surface area contributed by atoms with Crippen LogP contribution in [0, 0.1) is 5.92 Å². The zero-order chi connectivity index (χ0) is 18.2. The lowest BCUT2D eigenvalue weighted by Crippen LogP contribution is -2.20. The van der Waals surface area contributed by atoms with Crippen LogP contribution in [-0.4, -0.2) is 25.5 Å². The van der Waals surface area contributed by atoms with Crippen LogP contribution in [0.2, 0.25) is 0 Å². The van der Waals surface area contributed by atoms with Crippen LogP contribution in [0.15, 0.2) is 66.9 Å². The van der Waals surface area contributed by atoms with Crippen LogP contribution in [0.3, 0.4) is 0 Å². The number of imidazole rings is 1. The lowest BCUT2D eigenvalue weighted by molar-refractivity contribution is 0.0958. The standard InChI is InChI=1S/C22H18N4O/c27-21-13-16(11-10-15-6-2-1-3-7-15)12-20-17(21)14-23-26(20)22-24-18-8-4-5-9-19(18)25-22/h1-11,14,16H,12-13H2,(H,24,25). The number of aromatic nitrogens is 4. The number of benzene rings is 2. The summed E-state index contributed by atoms with van der Waals surface area (Å²) in [6.07, 6.45) is 7.17. The minimum atomic E-state index is 0.140. The van der Waals surface area contributed by atoms with Crippen molar-refractivity contribution < 1.29 is 4.79 Å². The van der Waals surface area contributed by atoms with Crippen LogP contribution in [-0.2, 0) is 6.42 Å². The second-order valence-corrected chi connectivity index (χ2v) is 6.86. The minimum Gasteiger partial charge on any atom is -0.322 e. The Labute approximate surface area is 156 Å². The molecule has 132 valence electrons.